The van der Waals surface area contributed by atoms with Crippen molar-refractivity contribution in [3.8, 4) is 9.88 Å². The van der Waals surface area contributed by atoms with Crippen molar-refractivity contribution < 1.29 is 9.18 Å². The molecule has 128 valence electrons. The average Bonchev–Trinajstić information content (AvgIpc) is 3.32. The highest BCUT2D eigenvalue weighted by Gasteiger charge is 2.24. The van der Waals surface area contributed by atoms with Gasteiger partial charge in [-0.2, -0.15) is 0 Å². The molecule has 0 N–H and O–H groups in total. The first-order valence-electron chi connectivity index (χ1n) is 7.88. The van der Waals surface area contributed by atoms with E-state index in [2.05, 4.69) is 15.1 Å². The van der Waals surface area contributed by atoms with Gasteiger partial charge in [0.05, 0.1) is 4.88 Å². The summed E-state index contributed by atoms with van der Waals surface area (Å²) in [5.74, 6) is -0.518. The third-order valence-electron chi connectivity index (χ3n) is 4.06. The average molecular weight is 374 g/mol. The molecule has 25 heavy (non-hydrogen) atoms. The highest BCUT2D eigenvalue weighted by atomic mass is 32.1. The molecule has 0 radical (unpaired) electrons. The van der Waals surface area contributed by atoms with Gasteiger partial charge < -0.3 is 9.80 Å². The number of benzene rings is 1. The molecule has 0 aliphatic carbocycles. The van der Waals surface area contributed by atoms with Crippen LogP contribution < -0.4 is 4.90 Å². The van der Waals surface area contributed by atoms with E-state index in [1.807, 2.05) is 17.5 Å². The smallest absolute Gasteiger partial charge is 0.254 e. The van der Waals surface area contributed by atoms with Gasteiger partial charge in [0.1, 0.15) is 5.82 Å². The molecule has 8 heteroatoms. The molecule has 1 amide bonds. The van der Waals surface area contributed by atoms with Crippen LogP contribution in [-0.4, -0.2) is 47.2 Å². The van der Waals surface area contributed by atoms with E-state index >= 15 is 0 Å². The molecule has 1 fully saturated rings. The number of aromatic nitrogens is 2. The van der Waals surface area contributed by atoms with Crippen LogP contribution in [0.5, 0.6) is 0 Å². The molecule has 4 rings (SSSR count). The molecular formula is C17H15FN4OS2. The molecule has 5 nitrogen and oxygen atoms in total. The van der Waals surface area contributed by atoms with Crippen LogP contribution in [0.1, 0.15) is 10.4 Å². The lowest BCUT2D eigenvalue weighted by molar-refractivity contribution is 0.0746. The van der Waals surface area contributed by atoms with E-state index in [1.54, 1.807) is 39.7 Å². The lowest BCUT2D eigenvalue weighted by Gasteiger charge is -2.34. The second kappa shape index (κ2) is 6.89. The van der Waals surface area contributed by atoms with Crippen LogP contribution in [0.2, 0.25) is 0 Å². The van der Waals surface area contributed by atoms with Crippen molar-refractivity contribution in [2.45, 2.75) is 0 Å². The topological polar surface area (TPSA) is 49.3 Å². The summed E-state index contributed by atoms with van der Waals surface area (Å²) < 4.78 is 13.3. The van der Waals surface area contributed by atoms with Gasteiger partial charge in [0, 0.05) is 31.7 Å². The molecule has 0 atom stereocenters. The summed E-state index contributed by atoms with van der Waals surface area (Å²) in [5, 5.41) is 12.4. The Morgan fingerprint density at radius 2 is 1.92 bits per heavy atom. The summed E-state index contributed by atoms with van der Waals surface area (Å²) in [4.78, 5) is 17.5. The Morgan fingerprint density at radius 1 is 1.08 bits per heavy atom. The second-order valence-corrected chi connectivity index (χ2v) is 7.56. The number of anilines is 1. The lowest BCUT2D eigenvalue weighted by Crippen LogP contribution is -2.48. The molecule has 0 spiro atoms. The lowest BCUT2D eigenvalue weighted by atomic mass is 10.2. The van der Waals surface area contributed by atoms with Crippen LogP contribution >= 0.6 is 22.7 Å². The molecule has 1 aliphatic rings. The van der Waals surface area contributed by atoms with Gasteiger partial charge in [-0.05, 0) is 29.6 Å². The van der Waals surface area contributed by atoms with Crippen molar-refractivity contribution >= 4 is 33.7 Å². The SMILES string of the molecule is O=C(c1cccc(F)c1)N1CCN(c2nnc(-c3cccs3)s2)CC1. The number of carbonyl (C=O) groups excluding carboxylic acids is 1. The Labute approximate surface area is 152 Å². The standard InChI is InChI=1S/C17H15FN4OS2/c18-13-4-1-3-12(11-13)16(23)21-6-8-22(9-7-21)17-20-19-15(25-17)14-5-2-10-24-14/h1-5,10-11H,6-9H2. The second-order valence-electron chi connectivity index (χ2n) is 5.66. The largest absolute Gasteiger partial charge is 0.343 e. The summed E-state index contributed by atoms with van der Waals surface area (Å²) in [5.41, 5.74) is 0.393. The van der Waals surface area contributed by atoms with E-state index in [4.69, 9.17) is 0 Å². The number of halogens is 1. The molecule has 0 bridgehead atoms. The third kappa shape index (κ3) is 3.40. The Hall–Kier alpha value is -2.32. The van der Waals surface area contributed by atoms with Crippen LogP contribution in [0, 0.1) is 5.82 Å². The van der Waals surface area contributed by atoms with E-state index in [-0.39, 0.29) is 11.7 Å². The van der Waals surface area contributed by atoms with Crippen molar-refractivity contribution in [2.75, 3.05) is 31.1 Å². The minimum absolute atomic E-state index is 0.129. The van der Waals surface area contributed by atoms with Crippen LogP contribution in [0.4, 0.5) is 9.52 Å². The van der Waals surface area contributed by atoms with Gasteiger partial charge in [0.15, 0.2) is 5.01 Å². The zero-order chi connectivity index (χ0) is 17.2. The Kier molecular flexibility index (Phi) is 4.46. The van der Waals surface area contributed by atoms with Crippen LogP contribution in [0.15, 0.2) is 41.8 Å². The summed E-state index contributed by atoms with van der Waals surface area (Å²) in [6.45, 7) is 2.56. The first-order valence-corrected chi connectivity index (χ1v) is 9.57. The molecular weight excluding hydrogens is 359 g/mol. The highest BCUT2D eigenvalue weighted by molar-refractivity contribution is 7.22. The maximum atomic E-state index is 13.3. The fourth-order valence-electron chi connectivity index (χ4n) is 2.75. The molecule has 2 aromatic heterocycles. The maximum absolute atomic E-state index is 13.3. The third-order valence-corrected chi connectivity index (χ3v) is 6.08. The van der Waals surface area contributed by atoms with Gasteiger partial charge in [-0.3, -0.25) is 4.79 Å². The number of thiophene rings is 1. The zero-order valence-corrected chi connectivity index (χ0v) is 14.9. The number of nitrogens with zero attached hydrogens (tertiary/aromatic N) is 4. The highest BCUT2D eigenvalue weighted by Crippen LogP contribution is 2.31. The van der Waals surface area contributed by atoms with E-state index in [1.165, 1.54) is 12.1 Å². The van der Waals surface area contributed by atoms with Crippen molar-refractivity contribution in [1.29, 1.82) is 0 Å². The number of amides is 1. The molecule has 3 heterocycles. The van der Waals surface area contributed by atoms with Crippen molar-refractivity contribution in [1.82, 2.24) is 15.1 Å². The summed E-state index contributed by atoms with van der Waals surface area (Å²) in [6, 6.07) is 9.87. The fraction of sp³-hybridized carbons (Fsp3) is 0.235. The Morgan fingerprint density at radius 3 is 2.64 bits per heavy atom. The minimum Gasteiger partial charge on any atom is -0.343 e. The predicted octanol–water partition coefficient (Wildman–Crippen LogP) is 3.37. The molecule has 0 unspecified atom stereocenters. The first-order chi connectivity index (χ1) is 12.2. The normalized spacial score (nSPS) is 14.8. The predicted molar refractivity (Wildman–Crippen MR) is 97.7 cm³/mol. The van der Waals surface area contributed by atoms with Gasteiger partial charge in [-0.1, -0.05) is 23.5 Å². The van der Waals surface area contributed by atoms with Gasteiger partial charge in [0.25, 0.3) is 5.91 Å². The maximum Gasteiger partial charge on any atom is 0.254 e. The molecule has 1 aromatic carbocycles. The monoisotopic (exact) mass is 374 g/mol. The van der Waals surface area contributed by atoms with Crippen molar-refractivity contribution in [2.24, 2.45) is 0 Å². The van der Waals surface area contributed by atoms with Gasteiger partial charge in [0.2, 0.25) is 5.13 Å². The fourth-order valence-corrected chi connectivity index (χ4v) is 4.44. The number of hydrogen-bond donors (Lipinski definition) is 0. The van der Waals surface area contributed by atoms with Gasteiger partial charge in [-0.25, -0.2) is 4.39 Å². The van der Waals surface area contributed by atoms with E-state index in [0.29, 0.717) is 31.7 Å². The molecule has 3 aromatic rings. The van der Waals surface area contributed by atoms with Crippen molar-refractivity contribution in [3.63, 3.8) is 0 Å². The van der Waals surface area contributed by atoms with Crippen molar-refractivity contribution in [3.05, 3.63) is 53.2 Å². The van der Waals surface area contributed by atoms with Gasteiger partial charge in [-0.15, -0.1) is 21.5 Å². The van der Waals surface area contributed by atoms with Crippen LogP contribution in [0.3, 0.4) is 0 Å². The summed E-state index contributed by atoms with van der Waals surface area (Å²) in [6.07, 6.45) is 0. The zero-order valence-electron chi connectivity index (χ0n) is 13.3. The molecule has 0 saturated carbocycles. The quantitative estimate of drug-likeness (QED) is 0.705. The summed E-state index contributed by atoms with van der Waals surface area (Å²) in [7, 11) is 0. The number of rotatable bonds is 3. The Balaban J connectivity index is 1.41. The number of carbonyl (C=O) groups is 1. The summed E-state index contributed by atoms with van der Waals surface area (Å²) >= 11 is 3.21. The van der Waals surface area contributed by atoms with Gasteiger partial charge >= 0.3 is 0 Å². The molecule has 1 saturated heterocycles. The first kappa shape index (κ1) is 16.2. The minimum atomic E-state index is -0.389. The van der Waals surface area contributed by atoms with E-state index in [9.17, 15) is 9.18 Å². The van der Waals surface area contributed by atoms with Crippen LogP contribution in [0.25, 0.3) is 9.88 Å². The number of piperazine rings is 1. The Bertz CT molecular complexity index is 872. The van der Waals surface area contributed by atoms with Crippen LogP contribution in [-0.2, 0) is 0 Å². The van der Waals surface area contributed by atoms with E-state index in [0.717, 1.165) is 15.0 Å². The molecule has 1 aliphatic heterocycles. The number of hydrogen-bond acceptors (Lipinski definition) is 6. The van der Waals surface area contributed by atoms with E-state index < -0.39 is 0 Å².